The standard InChI is InChI=1S/C18H22N2O3/c1-13-7-9-15(10-8-13)14(2)20-17(21)6-3-11-19-18(22)16-5-4-12-23-16/h4-5,7-10,12,14H,3,6,11H2,1-2H3,(H,19,22)(H,20,21). The predicted octanol–water partition coefficient (Wildman–Crippen LogP) is 2.98. The SMILES string of the molecule is Cc1ccc(C(C)NC(=O)CCCNC(=O)c2ccco2)cc1. The zero-order valence-corrected chi connectivity index (χ0v) is 13.5. The lowest BCUT2D eigenvalue weighted by atomic mass is 10.1. The van der Waals surface area contributed by atoms with Crippen LogP contribution >= 0.6 is 0 Å². The summed E-state index contributed by atoms with van der Waals surface area (Å²) in [6.45, 7) is 4.43. The summed E-state index contributed by atoms with van der Waals surface area (Å²) in [4.78, 5) is 23.6. The Bertz CT molecular complexity index is 633. The summed E-state index contributed by atoms with van der Waals surface area (Å²) in [5, 5.41) is 5.68. The summed E-state index contributed by atoms with van der Waals surface area (Å²) in [6, 6.07) is 11.3. The maximum Gasteiger partial charge on any atom is 0.286 e. The molecule has 23 heavy (non-hydrogen) atoms. The summed E-state index contributed by atoms with van der Waals surface area (Å²) >= 11 is 0. The Morgan fingerprint density at radius 2 is 1.91 bits per heavy atom. The number of nitrogens with one attached hydrogen (secondary N) is 2. The third kappa shape index (κ3) is 5.29. The minimum Gasteiger partial charge on any atom is -0.459 e. The van der Waals surface area contributed by atoms with Crippen LogP contribution in [0.25, 0.3) is 0 Å². The number of carbonyl (C=O) groups is 2. The van der Waals surface area contributed by atoms with Crippen LogP contribution in [-0.2, 0) is 4.79 Å². The average molecular weight is 314 g/mol. The van der Waals surface area contributed by atoms with Gasteiger partial charge in [0.15, 0.2) is 5.76 Å². The number of hydrogen-bond acceptors (Lipinski definition) is 3. The Morgan fingerprint density at radius 3 is 2.57 bits per heavy atom. The third-order valence-electron chi connectivity index (χ3n) is 3.57. The molecule has 1 heterocycles. The van der Waals surface area contributed by atoms with Crippen molar-refractivity contribution >= 4 is 11.8 Å². The molecule has 0 fully saturated rings. The summed E-state index contributed by atoms with van der Waals surface area (Å²) in [7, 11) is 0. The Hall–Kier alpha value is -2.56. The quantitative estimate of drug-likeness (QED) is 0.772. The van der Waals surface area contributed by atoms with E-state index in [-0.39, 0.29) is 23.6 Å². The minimum absolute atomic E-state index is 0.0228. The maximum atomic E-state index is 11.9. The van der Waals surface area contributed by atoms with Gasteiger partial charge in [0.25, 0.3) is 5.91 Å². The van der Waals surface area contributed by atoms with Gasteiger partial charge in [-0.2, -0.15) is 0 Å². The Labute approximate surface area is 136 Å². The number of amides is 2. The van der Waals surface area contributed by atoms with Gasteiger partial charge in [-0.1, -0.05) is 29.8 Å². The number of aryl methyl sites for hydroxylation is 1. The van der Waals surface area contributed by atoms with Gasteiger partial charge >= 0.3 is 0 Å². The molecule has 0 saturated heterocycles. The van der Waals surface area contributed by atoms with Crippen LogP contribution < -0.4 is 10.6 Å². The predicted molar refractivity (Wildman–Crippen MR) is 88.0 cm³/mol. The molecule has 0 saturated carbocycles. The molecule has 1 atom stereocenters. The molecule has 1 aromatic heterocycles. The summed E-state index contributed by atoms with van der Waals surface area (Å²) in [5.74, 6) is -0.00352. The van der Waals surface area contributed by atoms with Crippen molar-refractivity contribution in [2.24, 2.45) is 0 Å². The van der Waals surface area contributed by atoms with Crippen LogP contribution in [0.3, 0.4) is 0 Å². The van der Waals surface area contributed by atoms with E-state index in [1.165, 1.54) is 11.8 Å². The van der Waals surface area contributed by atoms with Crippen LogP contribution in [0.5, 0.6) is 0 Å². The molecule has 2 amide bonds. The van der Waals surface area contributed by atoms with Crippen molar-refractivity contribution < 1.29 is 14.0 Å². The van der Waals surface area contributed by atoms with E-state index in [0.717, 1.165) is 5.56 Å². The molecule has 0 spiro atoms. The van der Waals surface area contributed by atoms with E-state index in [1.54, 1.807) is 12.1 Å². The van der Waals surface area contributed by atoms with Gasteiger partial charge in [-0.3, -0.25) is 9.59 Å². The van der Waals surface area contributed by atoms with Crippen molar-refractivity contribution in [2.45, 2.75) is 32.7 Å². The van der Waals surface area contributed by atoms with Gasteiger partial charge in [0.05, 0.1) is 12.3 Å². The van der Waals surface area contributed by atoms with Crippen molar-refractivity contribution in [3.8, 4) is 0 Å². The van der Waals surface area contributed by atoms with Crippen LogP contribution in [0.2, 0.25) is 0 Å². The topological polar surface area (TPSA) is 71.3 Å². The van der Waals surface area contributed by atoms with E-state index in [2.05, 4.69) is 10.6 Å². The van der Waals surface area contributed by atoms with Crippen molar-refractivity contribution in [3.05, 3.63) is 59.5 Å². The first-order valence-corrected chi connectivity index (χ1v) is 7.74. The molecule has 1 aromatic carbocycles. The molecule has 0 aliphatic carbocycles. The number of furan rings is 1. The first kappa shape index (κ1) is 16.8. The van der Waals surface area contributed by atoms with Crippen molar-refractivity contribution in [1.82, 2.24) is 10.6 Å². The monoisotopic (exact) mass is 314 g/mol. The lowest BCUT2D eigenvalue weighted by molar-refractivity contribution is -0.121. The van der Waals surface area contributed by atoms with Gasteiger partial charge in [-0.05, 0) is 38.0 Å². The maximum absolute atomic E-state index is 11.9. The lowest BCUT2D eigenvalue weighted by Gasteiger charge is -2.14. The smallest absolute Gasteiger partial charge is 0.286 e. The minimum atomic E-state index is -0.261. The van der Waals surface area contributed by atoms with Gasteiger partial charge in [0, 0.05) is 13.0 Å². The average Bonchev–Trinajstić information content (AvgIpc) is 3.06. The summed E-state index contributed by atoms with van der Waals surface area (Å²) in [5.41, 5.74) is 2.27. The first-order chi connectivity index (χ1) is 11.1. The fourth-order valence-electron chi connectivity index (χ4n) is 2.20. The van der Waals surface area contributed by atoms with E-state index < -0.39 is 0 Å². The molecule has 2 rings (SSSR count). The lowest BCUT2D eigenvalue weighted by Crippen LogP contribution is -2.28. The fourth-order valence-corrected chi connectivity index (χ4v) is 2.20. The molecule has 5 heteroatoms. The summed E-state index contributed by atoms with van der Waals surface area (Å²) < 4.78 is 4.99. The number of carbonyl (C=O) groups excluding carboxylic acids is 2. The molecule has 122 valence electrons. The second kappa shape index (κ2) is 8.17. The largest absolute Gasteiger partial charge is 0.459 e. The molecule has 2 N–H and O–H groups in total. The van der Waals surface area contributed by atoms with Gasteiger partial charge in [-0.15, -0.1) is 0 Å². The highest BCUT2D eigenvalue weighted by Crippen LogP contribution is 2.13. The molecular formula is C18H22N2O3. The fraction of sp³-hybridized carbons (Fsp3) is 0.333. The highest BCUT2D eigenvalue weighted by atomic mass is 16.3. The molecule has 0 aliphatic heterocycles. The Morgan fingerprint density at radius 1 is 1.17 bits per heavy atom. The van der Waals surface area contributed by atoms with E-state index in [1.807, 2.05) is 38.1 Å². The van der Waals surface area contributed by atoms with Crippen LogP contribution in [-0.4, -0.2) is 18.4 Å². The van der Waals surface area contributed by atoms with Crippen molar-refractivity contribution in [2.75, 3.05) is 6.54 Å². The summed E-state index contributed by atoms with van der Waals surface area (Å²) in [6.07, 6.45) is 2.41. The normalized spacial score (nSPS) is 11.7. The van der Waals surface area contributed by atoms with Crippen molar-refractivity contribution in [1.29, 1.82) is 0 Å². The van der Waals surface area contributed by atoms with Gasteiger partial charge in [-0.25, -0.2) is 0 Å². The van der Waals surface area contributed by atoms with Gasteiger partial charge in [0.1, 0.15) is 0 Å². The molecule has 5 nitrogen and oxygen atoms in total. The number of benzene rings is 1. The second-order valence-corrected chi connectivity index (χ2v) is 5.54. The van der Waals surface area contributed by atoms with Gasteiger partial charge < -0.3 is 15.1 Å². The molecule has 2 aromatic rings. The highest BCUT2D eigenvalue weighted by molar-refractivity contribution is 5.91. The van der Waals surface area contributed by atoms with Crippen molar-refractivity contribution in [3.63, 3.8) is 0 Å². The van der Waals surface area contributed by atoms with Crippen LogP contribution in [0.4, 0.5) is 0 Å². The van der Waals surface area contributed by atoms with E-state index in [4.69, 9.17) is 4.42 Å². The van der Waals surface area contributed by atoms with E-state index >= 15 is 0 Å². The second-order valence-electron chi connectivity index (χ2n) is 5.54. The molecule has 0 bridgehead atoms. The number of hydrogen-bond donors (Lipinski definition) is 2. The first-order valence-electron chi connectivity index (χ1n) is 7.74. The molecular weight excluding hydrogens is 292 g/mol. The highest BCUT2D eigenvalue weighted by Gasteiger charge is 2.10. The molecule has 1 unspecified atom stereocenters. The van der Waals surface area contributed by atoms with Gasteiger partial charge in [0.2, 0.25) is 5.91 Å². The van der Waals surface area contributed by atoms with E-state index in [9.17, 15) is 9.59 Å². The Balaban J connectivity index is 1.67. The third-order valence-corrected chi connectivity index (χ3v) is 3.57. The van der Waals surface area contributed by atoms with Crippen LogP contribution in [0, 0.1) is 6.92 Å². The zero-order chi connectivity index (χ0) is 16.7. The zero-order valence-electron chi connectivity index (χ0n) is 13.5. The molecule has 0 aliphatic rings. The van der Waals surface area contributed by atoms with Crippen LogP contribution in [0.1, 0.15) is 47.5 Å². The van der Waals surface area contributed by atoms with Crippen LogP contribution in [0.15, 0.2) is 47.1 Å². The number of rotatable bonds is 7. The molecule has 0 radical (unpaired) electrons. The van der Waals surface area contributed by atoms with E-state index in [0.29, 0.717) is 19.4 Å². The Kier molecular flexibility index (Phi) is 5.97.